The van der Waals surface area contributed by atoms with Crippen LogP contribution >= 0.6 is 0 Å². The fraction of sp³-hybridized carbons (Fsp3) is 0.500. The minimum Gasteiger partial charge on any atom is -0.359 e. The van der Waals surface area contributed by atoms with E-state index in [1.165, 1.54) is 0 Å². The molecule has 1 fully saturated rings. The second-order valence-corrected chi connectivity index (χ2v) is 5.62. The summed E-state index contributed by atoms with van der Waals surface area (Å²) in [4.78, 5) is 24.0. The summed E-state index contributed by atoms with van der Waals surface area (Å²) in [5, 5.41) is 5.61. The fourth-order valence-electron chi connectivity index (χ4n) is 2.77. The zero-order valence-electron chi connectivity index (χ0n) is 12.3. The maximum absolute atomic E-state index is 12.3. The van der Waals surface area contributed by atoms with Crippen molar-refractivity contribution in [2.45, 2.75) is 37.8 Å². The topological polar surface area (TPSA) is 84.2 Å². The molecule has 3 atom stereocenters. The highest BCUT2D eigenvalue weighted by Gasteiger charge is 2.29. The molecule has 0 bridgehead atoms. The Hall–Kier alpha value is -1.88. The molecule has 4 N–H and O–H groups in total. The molecule has 5 heteroatoms. The third kappa shape index (κ3) is 4.29. The van der Waals surface area contributed by atoms with E-state index in [1.54, 1.807) is 7.05 Å². The van der Waals surface area contributed by atoms with Gasteiger partial charge in [-0.2, -0.15) is 0 Å². The van der Waals surface area contributed by atoms with Gasteiger partial charge in [-0.05, 0) is 24.8 Å². The fourth-order valence-corrected chi connectivity index (χ4v) is 2.77. The lowest BCUT2D eigenvalue weighted by Gasteiger charge is -2.21. The lowest BCUT2D eigenvalue weighted by atomic mass is 10.0. The Morgan fingerprint density at radius 2 is 2.00 bits per heavy atom. The lowest BCUT2D eigenvalue weighted by molar-refractivity contribution is -0.126. The highest BCUT2D eigenvalue weighted by atomic mass is 16.2. The molecule has 1 aromatic carbocycles. The number of hydrogen-bond donors (Lipinski definition) is 3. The average Bonchev–Trinajstić information content (AvgIpc) is 2.94. The van der Waals surface area contributed by atoms with Gasteiger partial charge in [0.25, 0.3) is 0 Å². The predicted octanol–water partition coefficient (Wildman–Crippen LogP) is 1.11. The standard InChI is InChI=1S/C16H23N3O2/c1-18-15(20)10-14(11-5-3-2-4-6-11)19-16(21)12-7-8-13(17)9-12/h2-6,12-14H,7-10,17H2,1H3,(H,18,20)(H,19,21)/t12-,13+,14?/m1/s1. The van der Waals surface area contributed by atoms with Crippen LogP contribution in [-0.2, 0) is 9.59 Å². The zero-order chi connectivity index (χ0) is 15.2. The normalized spacial score (nSPS) is 22.6. The number of amides is 2. The Kier molecular flexibility index (Phi) is 5.33. The molecular formula is C16H23N3O2. The van der Waals surface area contributed by atoms with Gasteiger partial charge in [-0.1, -0.05) is 30.3 Å². The summed E-state index contributed by atoms with van der Waals surface area (Å²) in [7, 11) is 1.60. The number of nitrogens with one attached hydrogen (secondary N) is 2. The SMILES string of the molecule is CNC(=O)CC(NC(=O)[C@@H]1CC[C@H](N)C1)c1ccccc1. The first-order chi connectivity index (χ1) is 10.1. The Bertz CT molecular complexity index is 490. The maximum Gasteiger partial charge on any atom is 0.223 e. The van der Waals surface area contributed by atoms with E-state index in [9.17, 15) is 9.59 Å². The molecule has 1 saturated carbocycles. The number of carbonyl (C=O) groups excluding carboxylic acids is 2. The molecule has 1 unspecified atom stereocenters. The van der Waals surface area contributed by atoms with E-state index >= 15 is 0 Å². The molecule has 21 heavy (non-hydrogen) atoms. The lowest BCUT2D eigenvalue weighted by Crippen LogP contribution is -2.36. The van der Waals surface area contributed by atoms with Gasteiger partial charge in [0.1, 0.15) is 0 Å². The van der Waals surface area contributed by atoms with Crippen molar-refractivity contribution >= 4 is 11.8 Å². The van der Waals surface area contributed by atoms with Crippen molar-refractivity contribution in [1.29, 1.82) is 0 Å². The third-order valence-corrected chi connectivity index (χ3v) is 4.03. The van der Waals surface area contributed by atoms with E-state index in [0.29, 0.717) is 0 Å². The maximum atomic E-state index is 12.3. The van der Waals surface area contributed by atoms with Crippen molar-refractivity contribution in [3.63, 3.8) is 0 Å². The largest absolute Gasteiger partial charge is 0.359 e. The number of benzene rings is 1. The van der Waals surface area contributed by atoms with Crippen LogP contribution in [0.4, 0.5) is 0 Å². The molecule has 1 aliphatic rings. The molecule has 1 aliphatic carbocycles. The van der Waals surface area contributed by atoms with Crippen LogP contribution in [0.1, 0.15) is 37.3 Å². The molecular weight excluding hydrogens is 266 g/mol. The van der Waals surface area contributed by atoms with Gasteiger partial charge < -0.3 is 16.4 Å². The van der Waals surface area contributed by atoms with Gasteiger partial charge in [-0.25, -0.2) is 0 Å². The van der Waals surface area contributed by atoms with Crippen molar-refractivity contribution in [3.8, 4) is 0 Å². The monoisotopic (exact) mass is 289 g/mol. The van der Waals surface area contributed by atoms with Gasteiger partial charge in [0.05, 0.1) is 12.5 Å². The van der Waals surface area contributed by atoms with Gasteiger partial charge in [-0.15, -0.1) is 0 Å². The molecule has 1 aromatic rings. The van der Waals surface area contributed by atoms with Gasteiger partial charge >= 0.3 is 0 Å². The highest BCUT2D eigenvalue weighted by Crippen LogP contribution is 2.26. The molecule has 2 rings (SSSR count). The van der Waals surface area contributed by atoms with Crippen LogP contribution in [0, 0.1) is 5.92 Å². The molecule has 0 aliphatic heterocycles. The zero-order valence-corrected chi connectivity index (χ0v) is 12.3. The first-order valence-electron chi connectivity index (χ1n) is 7.41. The predicted molar refractivity (Wildman–Crippen MR) is 81.3 cm³/mol. The summed E-state index contributed by atoms with van der Waals surface area (Å²) in [5.74, 6) is -0.121. The third-order valence-electron chi connectivity index (χ3n) is 4.03. The van der Waals surface area contributed by atoms with Crippen LogP contribution in [0.2, 0.25) is 0 Å². The molecule has 0 aromatic heterocycles. The van der Waals surface area contributed by atoms with E-state index in [4.69, 9.17) is 5.73 Å². The molecule has 114 valence electrons. The smallest absolute Gasteiger partial charge is 0.223 e. The van der Waals surface area contributed by atoms with E-state index in [1.807, 2.05) is 30.3 Å². The molecule has 0 spiro atoms. The second kappa shape index (κ2) is 7.22. The van der Waals surface area contributed by atoms with Crippen molar-refractivity contribution < 1.29 is 9.59 Å². The van der Waals surface area contributed by atoms with E-state index in [-0.39, 0.29) is 36.2 Å². The van der Waals surface area contributed by atoms with Crippen molar-refractivity contribution in [1.82, 2.24) is 10.6 Å². The molecule has 0 heterocycles. The molecule has 0 radical (unpaired) electrons. The van der Waals surface area contributed by atoms with Crippen LogP contribution in [-0.4, -0.2) is 24.9 Å². The summed E-state index contributed by atoms with van der Waals surface area (Å²) >= 11 is 0. The summed E-state index contributed by atoms with van der Waals surface area (Å²) in [6.45, 7) is 0. The van der Waals surface area contributed by atoms with Crippen LogP contribution in [0.15, 0.2) is 30.3 Å². The minimum atomic E-state index is -0.296. The van der Waals surface area contributed by atoms with Crippen molar-refractivity contribution in [2.75, 3.05) is 7.05 Å². The number of hydrogen-bond acceptors (Lipinski definition) is 3. The second-order valence-electron chi connectivity index (χ2n) is 5.62. The highest BCUT2D eigenvalue weighted by molar-refractivity contribution is 5.81. The van der Waals surface area contributed by atoms with Gasteiger partial charge in [0.2, 0.25) is 11.8 Å². The first-order valence-corrected chi connectivity index (χ1v) is 7.41. The number of nitrogens with two attached hydrogens (primary N) is 1. The Morgan fingerprint density at radius 1 is 1.29 bits per heavy atom. The summed E-state index contributed by atoms with van der Waals surface area (Å²) < 4.78 is 0. The van der Waals surface area contributed by atoms with Crippen LogP contribution in [0.3, 0.4) is 0 Å². The molecule has 2 amide bonds. The van der Waals surface area contributed by atoms with E-state index in [2.05, 4.69) is 10.6 Å². The van der Waals surface area contributed by atoms with Gasteiger partial charge in [0, 0.05) is 19.0 Å². The minimum absolute atomic E-state index is 0.000654. The molecule has 5 nitrogen and oxygen atoms in total. The summed E-state index contributed by atoms with van der Waals surface area (Å²) in [6.07, 6.45) is 2.69. The Labute approximate surface area is 125 Å². The van der Waals surface area contributed by atoms with Crippen molar-refractivity contribution in [3.05, 3.63) is 35.9 Å². The van der Waals surface area contributed by atoms with E-state index in [0.717, 1.165) is 24.8 Å². The Balaban J connectivity index is 2.05. The Morgan fingerprint density at radius 3 is 2.57 bits per heavy atom. The first kappa shape index (κ1) is 15.5. The van der Waals surface area contributed by atoms with Crippen LogP contribution < -0.4 is 16.4 Å². The van der Waals surface area contributed by atoms with Gasteiger partial charge in [-0.3, -0.25) is 9.59 Å². The molecule has 0 saturated heterocycles. The number of rotatable bonds is 5. The van der Waals surface area contributed by atoms with Crippen LogP contribution in [0.25, 0.3) is 0 Å². The number of carbonyl (C=O) groups is 2. The summed E-state index contributed by atoms with van der Waals surface area (Å²) in [6, 6.07) is 9.40. The van der Waals surface area contributed by atoms with E-state index < -0.39 is 0 Å². The van der Waals surface area contributed by atoms with Crippen LogP contribution in [0.5, 0.6) is 0 Å². The van der Waals surface area contributed by atoms with Gasteiger partial charge in [0.15, 0.2) is 0 Å². The van der Waals surface area contributed by atoms with Crippen molar-refractivity contribution in [2.24, 2.45) is 11.7 Å². The quantitative estimate of drug-likeness (QED) is 0.759. The summed E-state index contributed by atoms with van der Waals surface area (Å²) in [5.41, 5.74) is 6.80. The average molecular weight is 289 g/mol.